The van der Waals surface area contributed by atoms with Gasteiger partial charge in [-0.1, -0.05) is 15.9 Å². The molecule has 1 aromatic carbocycles. The van der Waals surface area contributed by atoms with Crippen LogP contribution in [0.1, 0.15) is 20.7 Å². The van der Waals surface area contributed by atoms with Crippen molar-refractivity contribution in [3.05, 3.63) is 29.3 Å². The predicted molar refractivity (Wildman–Crippen MR) is 62.8 cm³/mol. The molecule has 5 heteroatoms. The average molecular weight is 336 g/mol. The summed E-state index contributed by atoms with van der Waals surface area (Å²) in [6.45, 7) is 0. The van der Waals surface area contributed by atoms with Gasteiger partial charge >= 0.3 is 5.97 Å². The lowest BCUT2D eigenvalue weighted by molar-refractivity contribution is 0.0600. The minimum Gasteiger partial charge on any atom is -0.477 e. The number of benzene rings is 1. The van der Waals surface area contributed by atoms with E-state index in [-0.39, 0.29) is 15.8 Å². The highest BCUT2D eigenvalue weighted by Gasteiger charge is 2.31. The second-order valence-corrected chi connectivity index (χ2v) is 5.00. The number of hydrogen-bond donors (Lipinski definition) is 0. The molecular formula is C10H8Br2O3. The van der Waals surface area contributed by atoms with Crippen LogP contribution in [0, 0.1) is 0 Å². The van der Waals surface area contributed by atoms with Crippen molar-refractivity contribution in [1.29, 1.82) is 0 Å². The molecular weight excluding hydrogens is 328 g/mol. The predicted octanol–water partition coefficient (Wildman–Crippen LogP) is 3.02. The first-order valence-electron chi connectivity index (χ1n) is 4.30. The van der Waals surface area contributed by atoms with Gasteiger partial charge in [-0.2, -0.15) is 0 Å². The van der Waals surface area contributed by atoms with Gasteiger partial charge in [-0.25, -0.2) is 4.79 Å². The van der Waals surface area contributed by atoms with Gasteiger partial charge in [-0.3, -0.25) is 0 Å². The summed E-state index contributed by atoms with van der Waals surface area (Å²) in [5.74, 6) is 0.446. The van der Waals surface area contributed by atoms with Gasteiger partial charge < -0.3 is 9.47 Å². The summed E-state index contributed by atoms with van der Waals surface area (Å²) < 4.78 is 10.2. The van der Waals surface area contributed by atoms with Gasteiger partial charge in [0.25, 0.3) is 0 Å². The average Bonchev–Trinajstić information content (AvgIpc) is 2.54. The zero-order chi connectivity index (χ0) is 11.0. The van der Waals surface area contributed by atoms with E-state index < -0.39 is 0 Å². The fourth-order valence-corrected chi connectivity index (χ4v) is 2.39. The highest BCUT2D eigenvalue weighted by atomic mass is 79.9. The van der Waals surface area contributed by atoms with E-state index in [1.165, 1.54) is 7.11 Å². The van der Waals surface area contributed by atoms with Crippen LogP contribution in [0.25, 0.3) is 0 Å². The molecule has 1 aliphatic heterocycles. The van der Waals surface area contributed by atoms with E-state index in [1.807, 2.05) is 0 Å². The molecule has 0 fully saturated rings. The second kappa shape index (κ2) is 4.14. The van der Waals surface area contributed by atoms with Gasteiger partial charge in [0.2, 0.25) is 0 Å². The summed E-state index contributed by atoms with van der Waals surface area (Å²) >= 11 is 6.86. The van der Waals surface area contributed by atoms with Crippen LogP contribution in [0.3, 0.4) is 0 Å². The van der Waals surface area contributed by atoms with Gasteiger partial charge in [0.05, 0.1) is 17.5 Å². The van der Waals surface area contributed by atoms with Crippen LogP contribution in [0.2, 0.25) is 0 Å². The maximum Gasteiger partial charge on any atom is 0.337 e. The van der Waals surface area contributed by atoms with Crippen molar-refractivity contribution >= 4 is 37.8 Å². The molecule has 0 radical (unpaired) electrons. The topological polar surface area (TPSA) is 35.5 Å². The SMILES string of the molecule is COC(=O)c1ccc2c(c1)C(Br)C(Br)O2. The molecule has 0 aliphatic carbocycles. The largest absolute Gasteiger partial charge is 0.477 e. The van der Waals surface area contributed by atoms with Crippen LogP contribution in [-0.2, 0) is 4.74 Å². The molecule has 1 heterocycles. The molecule has 80 valence electrons. The van der Waals surface area contributed by atoms with Gasteiger partial charge in [-0.15, -0.1) is 0 Å². The third kappa shape index (κ3) is 1.90. The monoisotopic (exact) mass is 334 g/mol. The number of carbonyl (C=O) groups is 1. The molecule has 1 aromatic rings. The van der Waals surface area contributed by atoms with Gasteiger partial charge in [0.15, 0.2) is 5.01 Å². The van der Waals surface area contributed by atoms with Crippen molar-refractivity contribution in [2.24, 2.45) is 0 Å². The van der Waals surface area contributed by atoms with E-state index in [0.717, 1.165) is 11.3 Å². The van der Waals surface area contributed by atoms with Gasteiger partial charge in [0.1, 0.15) is 5.75 Å². The number of methoxy groups -OCH3 is 1. The van der Waals surface area contributed by atoms with E-state index >= 15 is 0 Å². The van der Waals surface area contributed by atoms with E-state index in [1.54, 1.807) is 18.2 Å². The Balaban J connectivity index is 2.39. The summed E-state index contributed by atoms with van der Waals surface area (Å²) in [5.41, 5.74) is 1.49. The van der Waals surface area contributed by atoms with Crippen molar-refractivity contribution in [3.63, 3.8) is 0 Å². The Hall–Kier alpha value is -0.550. The van der Waals surface area contributed by atoms with Gasteiger partial charge in [0, 0.05) is 5.56 Å². The maximum atomic E-state index is 11.3. The van der Waals surface area contributed by atoms with Crippen molar-refractivity contribution < 1.29 is 14.3 Å². The highest BCUT2D eigenvalue weighted by molar-refractivity contribution is 9.12. The van der Waals surface area contributed by atoms with Gasteiger partial charge in [-0.05, 0) is 34.1 Å². The Labute approximate surface area is 104 Å². The number of fused-ring (bicyclic) bond motifs is 1. The van der Waals surface area contributed by atoms with Crippen LogP contribution < -0.4 is 4.74 Å². The Morgan fingerprint density at radius 3 is 2.87 bits per heavy atom. The molecule has 15 heavy (non-hydrogen) atoms. The molecule has 0 bridgehead atoms. The lowest BCUT2D eigenvalue weighted by atomic mass is 10.1. The van der Waals surface area contributed by atoms with E-state index in [0.29, 0.717) is 5.56 Å². The molecule has 0 amide bonds. The quantitative estimate of drug-likeness (QED) is 0.584. The molecule has 2 rings (SSSR count). The van der Waals surface area contributed by atoms with E-state index in [2.05, 4.69) is 36.6 Å². The third-order valence-electron chi connectivity index (χ3n) is 2.20. The number of ether oxygens (including phenoxy) is 2. The minimum absolute atomic E-state index is 0.0529. The smallest absolute Gasteiger partial charge is 0.337 e. The fraction of sp³-hybridized carbons (Fsp3) is 0.300. The number of esters is 1. The summed E-state index contributed by atoms with van der Waals surface area (Å²) in [4.78, 5) is 11.4. The first kappa shape index (κ1) is 11.0. The lowest BCUT2D eigenvalue weighted by Crippen LogP contribution is -2.04. The number of hydrogen-bond acceptors (Lipinski definition) is 3. The Kier molecular flexibility index (Phi) is 3.02. The fourth-order valence-electron chi connectivity index (χ4n) is 1.44. The first-order valence-corrected chi connectivity index (χ1v) is 6.13. The molecule has 0 aromatic heterocycles. The molecule has 1 aliphatic rings. The normalized spacial score (nSPS) is 23.1. The summed E-state index contributed by atoms with van der Waals surface area (Å²) in [6.07, 6.45) is 0. The second-order valence-electron chi connectivity index (χ2n) is 3.11. The molecule has 2 unspecified atom stereocenters. The van der Waals surface area contributed by atoms with Crippen molar-refractivity contribution in [3.8, 4) is 5.75 Å². The standard InChI is InChI=1S/C10H8Br2O3/c1-14-10(13)5-2-3-7-6(4-5)8(11)9(12)15-7/h2-4,8-9H,1H3. The maximum absolute atomic E-state index is 11.3. The number of alkyl halides is 2. The zero-order valence-electron chi connectivity index (χ0n) is 7.87. The minimum atomic E-state index is -0.337. The van der Waals surface area contributed by atoms with Crippen LogP contribution in [0.4, 0.5) is 0 Å². The first-order chi connectivity index (χ1) is 7.13. The third-order valence-corrected chi connectivity index (χ3v) is 4.60. The summed E-state index contributed by atoms with van der Waals surface area (Å²) in [5, 5.41) is -0.0969. The van der Waals surface area contributed by atoms with Crippen molar-refractivity contribution in [1.82, 2.24) is 0 Å². The Morgan fingerprint density at radius 1 is 1.47 bits per heavy atom. The van der Waals surface area contributed by atoms with E-state index in [9.17, 15) is 4.79 Å². The van der Waals surface area contributed by atoms with Crippen molar-refractivity contribution in [2.75, 3.05) is 7.11 Å². The number of carbonyl (C=O) groups excluding carboxylic acids is 1. The van der Waals surface area contributed by atoms with Crippen LogP contribution in [0.5, 0.6) is 5.75 Å². The zero-order valence-corrected chi connectivity index (χ0v) is 11.0. The molecule has 0 saturated carbocycles. The Morgan fingerprint density at radius 2 is 2.20 bits per heavy atom. The molecule has 0 spiro atoms. The Bertz CT molecular complexity index is 406. The van der Waals surface area contributed by atoms with Crippen LogP contribution in [0.15, 0.2) is 18.2 Å². The van der Waals surface area contributed by atoms with E-state index in [4.69, 9.17) is 4.74 Å². The molecule has 0 N–H and O–H groups in total. The highest BCUT2D eigenvalue weighted by Crippen LogP contribution is 2.44. The van der Waals surface area contributed by atoms with Crippen LogP contribution >= 0.6 is 31.9 Å². The summed E-state index contributed by atoms with van der Waals surface area (Å²) in [7, 11) is 1.37. The molecule has 0 saturated heterocycles. The summed E-state index contributed by atoms with van der Waals surface area (Å²) in [6, 6.07) is 5.24. The number of rotatable bonds is 1. The lowest BCUT2D eigenvalue weighted by Gasteiger charge is -2.03. The van der Waals surface area contributed by atoms with Crippen molar-refractivity contribution in [2.45, 2.75) is 9.84 Å². The molecule has 2 atom stereocenters. The number of halogens is 2. The molecule has 3 nitrogen and oxygen atoms in total. The van der Waals surface area contributed by atoms with Crippen LogP contribution in [-0.4, -0.2) is 18.1 Å².